The average Bonchev–Trinajstić information content (AvgIpc) is 2.64. The van der Waals surface area contributed by atoms with Gasteiger partial charge in [0, 0.05) is 33.4 Å². The molecule has 0 bridgehead atoms. The molecule has 27 heavy (non-hydrogen) atoms. The fourth-order valence-corrected chi connectivity index (χ4v) is 3.26. The van der Waals surface area contributed by atoms with Crippen LogP contribution >= 0.6 is 0 Å². The second kappa shape index (κ2) is 9.41. The van der Waals surface area contributed by atoms with Crippen molar-refractivity contribution < 1.29 is 13.2 Å². The minimum atomic E-state index is -3.17. The molecule has 0 saturated heterocycles. The fraction of sp³-hybridized carbons (Fsp3) is 0.350. The number of benzene rings is 2. The molecule has 0 aliphatic heterocycles. The second-order valence-corrected chi connectivity index (χ2v) is 8.27. The summed E-state index contributed by atoms with van der Waals surface area (Å²) >= 11 is 0. The zero-order valence-corrected chi connectivity index (χ0v) is 17.1. The van der Waals surface area contributed by atoms with Gasteiger partial charge in [-0.2, -0.15) is 0 Å². The summed E-state index contributed by atoms with van der Waals surface area (Å²) in [6.45, 7) is 3.89. The first-order chi connectivity index (χ1) is 12.8. The molecule has 0 aliphatic rings. The van der Waals surface area contributed by atoms with E-state index in [4.69, 9.17) is 4.74 Å². The van der Waals surface area contributed by atoms with Crippen LogP contribution in [0.3, 0.4) is 0 Å². The van der Waals surface area contributed by atoms with Crippen LogP contribution in [0.4, 0.5) is 0 Å². The number of sulfone groups is 1. The molecule has 0 heterocycles. The van der Waals surface area contributed by atoms with Crippen molar-refractivity contribution in [3.05, 3.63) is 59.7 Å². The lowest BCUT2D eigenvalue weighted by molar-refractivity contribution is 0.340. The summed E-state index contributed by atoms with van der Waals surface area (Å²) in [4.78, 5) is 6.66. The predicted octanol–water partition coefficient (Wildman–Crippen LogP) is 2.70. The number of hydrogen-bond donors (Lipinski definition) is 1. The molecule has 0 saturated carbocycles. The van der Waals surface area contributed by atoms with Crippen LogP contribution in [0.5, 0.6) is 5.75 Å². The topological polar surface area (TPSA) is 71.0 Å². The Balaban J connectivity index is 1.94. The molecule has 2 rings (SSSR count). The average molecular weight is 390 g/mol. The molecule has 0 radical (unpaired) electrons. The molecule has 2 aromatic carbocycles. The van der Waals surface area contributed by atoms with E-state index >= 15 is 0 Å². The van der Waals surface area contributed by atoms with E-state index in [2.05, 4.69) is 10.3 Å². The van der Waals surface area contributed by atoms with E-state index in [9.17, 15) is 8.42 Å². The van der Waals surface area contributed by atoms with Gasteiger partial charge in [-0.1, -0.05) is 24.3 Å². The minimum absolute atomic E-state index is 0.322. The molecule has 0 fully saturated rings. The molecule has 146 valence electrons. The third-order valence-corrected chi connectivity index (χ3v) is 5.16. The van der Waals surface area contributed by atoms with Gasteiger partial charge in [0.15, 0.2) is 15.8 Å². The van der Waals surface area contributed by atoms with Crippen molar-refractivity contribution in [1.29, 1.82) is 0 Å². The second-order valence-electron chi connectivity index (χ2n) is 6.25. The third-order valence-electron chi connectivity index (χ3n) is 4.03. The first-order valence-corrected chi connectivity index (χ1v) is 10.6. The molecular formula is C20H27N3O3S. The fourth-order valence-electron chi connectivity index (χ4n) is 2.63. The Morgan fingerprint density at radius 3 is 2.19 bits per heavy atom. The molecule has 0 spiro atoms. The lowest BCUT2D eigenvalue weighted by Crippen LogP contribution is -2.38. The van der Waals surface area contributed by atoms with Gasteiger partial charge in [0.2, 0.25) is 0 Å². The summed E-state index contributed by atoms with van der Waals surface area (Å²) in [5.74, 6) is 1.63. The summed E-state index contributed by atoms with van der Waals surface area (Å²) in [6, 6.07) is 14.9. The van der Waals surface area contributed by atoms with Crippen LogP contribution in [-0.4, -0.2) is 46.2 Å². The number of nitrogens with zero attached hydrogens (tertiary/aromatic N) is 2. The van der Waals surface area contributed by atoms with Crippen molar-refractivity contribution in [1.82, 2.24) is 10.2 Å². The summed E-state index contributed by atoms with van der Waals surface area (Å²) < 4.78 is 28.5. The zero-order valence-electron chi connectivity index (χ0n) is 16.3. The summed E-state index contributed by atoms with van der Waals surface area (Å²) in [7, 11) is 0.539. The normalized spacial score (nSPS) is 11.9. The Kier molecular flexibility index (Phi) is 7.24. The smallest absolute Gasteiger partial charge is 0.193 e. The maximum atomic E-state index is 11.5. The van der Waals surface area contributed by atoms with Crippen LogP contribution in [0.2, 0.25) is 0 Å². The Morgan fingerprint density at radius 1 is 1.07 bits per heavy atom. The van der Waals surface area contributed by atoms with E-state index in [-0.39, 0.29) is 0 Å². The first-order valence-electron chi connectivity index (χ1n) is 8.76. The molecule has 0 amide bonds. The van der Waals surface area contributed by atoms with Gasteiger partial charge < -0.3 is 15.0 Å². The SMILES string of the molecule is CCOc1ccc(CN(C)C(=NC)NCc2ccc(S(C)(=O)=O)cc2)cc1. The molecule has 7 heteroatoms. The van der Waals surface area contributed by atoms with Gasteiger partial charge in [0.05, 0.1) is 11.5 Å². The molecule has 0 unspecified atom stereocenters. The van der Waals surface area contributed by atoms with Crippen LogP contribution in [0.25, 0.3) is 0 Å². The minimum Gasteiger partial charge on any atom is -0.494 e. The Hall–Kier alpha value is -2.54. The Labute approximate surface area is 161 Å². The van der Waals surface area contributed by atoms with Crippen LogP contribution in [0.1, 0.15) is 18.1 Å². The van der Waals surface area contributed by atoms with Gasteiger partial charge in [-0.15, -0.1) is 0 Å². The van der Waals surface area contributed by atoms with E-state index in [1.165, 1.54) is 6.26 Å². The van der Waals surface area contributed by atoms with Gasteiger partial charge in [-0.25, -0.2) is 8.42 Å². The molecular weight excluding hydrogens is 362 g/mol. The van der Waals surface area contributed by atoms with Gasteiger partial charge in [0.25, 0.3) is 0 Å². The number of hydrogen-bond acceptors (Lipinski definition) is 4. The highest BCUT2D eigenvalue weighted by Crippen LogP contribution is 2.14. The highest BCUT2D eigenvalue weighted by molar-refractivity contribution is 7.90. The number of ether oxygens (including phenoxy) is 1. The zero-order chi connectivity index (χ0) is 19.9. The van der Waals surface area contributed by atoms with Gasteiger partial charge in [-0.05, 0) is 42.3 Å². The molecule has 0 aromatic heterocycles. The number of rotatable bonds is 7. The van der Waals surface area contributed by atoms with E-state index in [1.807, 2.05) is 55.3 Å². The maximum Gasteiger partial charge on any atom is 0.193 e. The van der Waals surface area contributed by atoms with Crippen LogP contribution in [0, 0.1) is 0 Å². The highest BCUT2D eigenvalue weighted by Gasteiger charge is 2.09. The summed E-state index contributed by atoms with van der Waals surface area (Å²) in [5, 5.41) is 3.30. The number of nitrogens with one attached hydrogen (secondary N) is 1. The van der Waals surface area contributed by atoms with Crippen molar-refractivity contribution >= 4 is 15.8 Å². The quantitative estimate of drug-likeness (QED) is 0.582. The monoisotopic (exact) mass is 389 g/mol. The highest BCUT2D eigenvalue weighted by atomic mass is 32.2. The molecule has 1 N–H and O–H groups in total. The van der Waals surface area contributed by atoms with Crippen molar-refractivity contribution in [2.45, 2.75) is 24.9 Å². The number of aliphatic imine (C=N–C) groups is 1. The van der Waals surface area contributed by atoms with Crippen LogP contribution < -0.4 is 10.1 Å². The number of guanidine groups is 1. The standard InChI is InChI=1S/C20H27N3O3S/c1-5-26-18-10-6-17(7-11-18)15-23(3)20(21-2)22-14-16-8-12-19(13-9-16)27(4,24)25/h6-13H,5,14-15H2,1-4H3,(H,21,22). The molecule has 6 nitrogen and oxygen atoms in total. The van der Waals surface area contributed by atoms with Gasteiger partial charge >= 0.3 is 0 Å². The van der Waals surface area contributed by atoms with Crippen LogP contribution in [0.15, 0.2) is 58.4 Å². The van der Waals surface area contributed by atoms with Crippen molar-refractivity contribution in [3.63, 3.8) is 0 Å². The van der Waals surface area contributed by atoms with E-state index < -0.39 is 9.84 Å². The predicted molar refractivity (Wildman–Crippen MR) is 109 cm³/mol. The maximum absolute atomic E-state index is 11.5. The van der Waals surface area contributed by atoms with E-state index in [0.29, 0.717) is 24.6 Å². The Bertz CT molecular complexity index is 860. The Morgan fingerprint density at radius 2 is 1.67 bits per heavy atom. The van der Waals surface area contributed by atoms with Crippen LogP contribution in [-0.2, 0) is 22.9 Å². The van der Waals surface area contributed by atoms with Crippen molar-refractivity contribution in [2.75, 3.05) is 27.0 Å². The van der Waals surface area contributed by atoms with Gasteiger partial charge in [0.1, 0.15) is 5.75 Å². The van der Waals surface area contributed by atoms with Crippen molar-refractivity contribution in [2.24, 2.45) is 4.99 Å². The first kappa shape index (κ1) is 20.8. The lowest BCUT2D eigenvalue weighted by atomic mass is 10.2. The van der Waals surface area contributed by atoms with Crippen molar-refractivity contribution in [3.8, 4) is 5.75 Å². The van der Waals surface area contributed by atoms with Gasteiger partial charge in [-0.3, -0.25) is 4.99 Å². The third kappa shape index (κ3) is 6.29. The largest absolute Gasteiger partial charge is 0.494 e. The summed E-state index contributed by atoms with van der Waals surface area (Å²) in [6.07, 6.45) is 1.21. The summed E-state index contributed by atoms with van der Waals surface area (Å²) in [5.41, 5.74) is 2.14. The van der Waals surface area contributed by atoms with E-state index in [0.717, 1.165) is 22.8 Å². The molecule has 0 aliphatic carbocycles. The molecule has 0 atom stereocenters. The molecule has 2 aromatic rings. The lowest BCUT2D eigenvalue weighted by Gasteiger charge is -2.22. The van der Waals surface area contributed by atoms with E-state index in [1.54, 1.807) is 19.2 Å².